The maximum atomic E-state index is 11.2. The summed E-state index contributed by atoms with van der Waals surface area (Å²) in [7, 11) is 1.67. The molecule has 13 nitrogen and oxygen atoms in total. The van der Waals surface area contributed by atoms with Gasteiger partial charge in [0.05, 0.1) is 11.8 Å². The molecule has 0 aliphatic rings. The first kappa shape index (κ1) is 24.4. The van der Waals surface area contributed by atoms with Crippen molar-refractivity contribution in [2.75, 3.05) is 23.0 Å². The van der Waals surface area contributed by atoms with Crippen LogP contribution in [0.15, 0.2) is 59.2 Å². The zero-order chi connectivity index (χ0) is 26.4. The highest BCUT2D eigenvalue weighted by atomic mass is 16.1. The molecular weight excluding hydrogens is 472 g/mol. The highest BCUT2D eigenvalue weighted by Gasteiger charge is 2.19. The number of nitrogens with zero attached hydrogens (tertiary/aromatic N) is 9. The number of nitrogens with one attached hydrogen (secondary N) is 3. The fraction of sp³-hybridized carbons (Fsp3) is 0.125. The largest absolute Gasteiger partial charge is 0.371 e. The third kappa shape index (κ3) is 5.21. The van der Waals surface area contributed by atoms with Gasteiger partial charge < -0.3 is 16.0 Å². The first-order valence-electron chi connectivity index (χ1n) is 10.9. The molecule has 3 N–H and O–H groups in total. The molecule has 1 amide bonds. The van der Waals surface area contributed by atoms with Gasteiger partial charge in [0, 0.05) is 43.3 Å². The lowest BCUT2D eigenvalue weighted by atomic mass is 10.1. The van der Waals surface area contributed by atoms with Crippen LogP contribution in [0.25, 0.3) is 5.95 Å². The number of rotatable bonds is 7. The molecule has 0 bridgehead atoms. The van der Waals surface area contributed by atoms with E-state index in [0.29, 0.717) is 34.3 Å². The van der Waals surface area contributed by atoms with Gasteiger partial charge in [0.1, 0.15) is 23.4 Å². The summed E-state index contributed by atoms with van der Waals surface area (Å²) in [4.78, 5) is 24.1. The number of carbonyl (C=O) groups is 1. The summed E-state index contributed by atoms with van der Waals surface area (Å²) in [6, 6.07) is 12.8. The van der Waals surface area contributed by atoms with Gasteiger partial charge in [-0.15, -0.1) is 10.2 Å². The Hall–Kier alpha value is -5.69. The lowest BCUT2D eigenvalue weighted by molar-refractivity contribution is -0.114. The Bertz CT molecular complexity index is 1560. The first-order chi connectivity index (χ1) is 17.9. The van der Waals surface area contributed by atoms with Crippen LogP contribution < -0.4 is 16.0 Å². The fourth-order valence-corrected chi connectivity index (χ4v) is 3.36. The average Bonchev–Trinajstić information content (AvgIpc) is 3.32. The lowest BCUT2D eigenvalue weighted by Crippen LogP contribution is -2.06. The number of benzene rings is 1. The van der Waals surface area contributed by atoms with Crippen molar-refractivity contribution in [2.45, 2.75) is 13.8 Å². The van der Waals surface area contributed by atoms with Crippen molar-refractivity contribution >= 4 is 40.4 Å². The summed E-state index contributed by atoms with van der Waals surface area (Å²) in [5, 5.41) is 40.9. The number of anilines is 4. The van der Waals surface area contributed by atoms with Crippen molar-refractivity contribution in [1.82, 2.24) is 24.7 Å². The molecule has 4 rings (SSSR count). The van der Waals surface area contributed by atoms with E-state index in [1.54, 1.807) is 56.7 Å². The second-order valence-corrected chi connectivity index (χ2v) is 7.56. The quantitative estimate of drug-likeness (QED) is 0.317. The average molecular weight is 493 g/mol. The molecule has 0 aliphatic heterocycles. The van der Waals surface area contributed by atoms with Crippen LogP contribution in [0.2, 0.25) is 0 Å². The number of hydrogen-bond donors (Lipinski definition) is 3. The predicted molar refractivity (Wildman–Crippen MR) is 135 cm³/mol. The topological polar surface area (TPSA) is 182 Å². The molecule has 0 fully saturated rings. The van der Waals surface area contributed by atoms with Crippen LogP contribution in [0.3, 0.4) is 0 Å². The minimum absolute atomic E-state index is 0.134. The van der Waals surface area contributed by atoms with Crippen molar-refractivity contribution in [3.63, 3.8) is 0 Å². The van der Waals surface area contributed by atoms with Gasteiger partial charge in [0.25, 0.3) is 5.95 Å². The van der Waals surface area contributed by atoms with Gasteiger partial charge in [-0.1, -0.05) is 0 Å². The van der Waals surface area contributed by atoms with Gasteiger partial charge in [-0.05, 0) is 37.3 Å². The number of azo groups is 1. The highest BCUT2D eigenvalue weighted by Crippen LogP contribution is 2.36. The summed E-state index contributed by atoms with van der Waals surface area (Å²) in [6.45, 7) is 3.16. The molecule has 4 aromatic rings. The zero-order valence-corrected chi connectivity index (χ0v) is 20.1. The Morgan fingerprint density at radius 3 is 2.35 bits per heavy atom. The van der Waals surface area contributed by atoms with E-state index in [1.165, 1.54) is 17.8 Å². The van der Waals surface area contributed by atoms with Crippen LogP contribution in [0, 0.1) is 29.6 Å². The van der Waals surface area contributed by atoms with E-state index in [-0.39, 0.29) is 28.8 Å². The number of amides is 1. The Kier molecular flexibility index (Phi) is 7.07. The normalized spacial score (nSPS) is 10.5. The van der Waals surface area contributed by atoms with Crippen molar-refractivity contribution in [2.24, 2.45) is 10.2 Å². The van der Waals surface area contributed by atoms with E-state index in [0.717, 1.165) is 0 Å². The van der Waals surface area contributed by atoms with Gasteiger partial charge in [-0.3, -0.25) is 4.79 Å². The summed E-state index contributed by atoms with van der Waals surface area (Å²) in [5.41, 5.74) is 2.58. The molecule has 3 aromatic heterocycles. The Morgan fingerprint density at radius 2 is 1.73 bits per heavy atom. The Labute approximate surface area is 211 Å². The molecule has 0 spiro atoms. The van der Waals surface area contributed by atoms with Gasteiger partial charge in [0.2, 0.25) is 5.91 Å². The van der Waals surface area contributed by atoms with E-state index in [4.69, 9.17) is 0 Å². The fourth-order valence-electron chi connectivity index (χ4n) is 3.36. The maximum Gasteiger partial charge on any atom is 0.252 e. The molecule has 0 saturated carbocycles. The monoisotopic (exact) mass is 492 g/mol. The van der Waals surface area contributed by atoms with E-state index in [9.17, 15) is 15.3 Å². The predicted octanol–water partition coefficient (Wildman–Crippen LogP) is 4.27. The van der Waals surface area contributed by atoms with E-state index in [2.05, 4.69) is 52.3 Å². The van der Waals surface area contributed by atoms with Gasteiger partial charge >= 0.3 is 0 Å². The van der Waals surface area contributed by atoms with Crippen molar-refractivity contribution < 1.29 is 4.79 Å². The third-order valence-electron chi connectivity index (χ3n) is 5.08. The molecule has 13 heteroatoms. The SMILES string of the molecule is CNc1nc(Nc2ccc(NC(C)=O)cc2)c(C#N)c(C)c1/N=N/c1c(C#N)cnn1-c1ncccn1. The van der Waals surface area contributed by atoms with Crippen LogP contribution in [-0.4, -0.2) is 37.7 Å². The van der Waals surface area contributed by atoms with Gasteiger partial charge in [0.15, 0.2) is 17.5 Å². The van der Waals surface area contributed by atoms with Crippen molar-refractivity contribution in [3.8, 4) is 18.1 Å². The second kappa shape index (κ2) is 10.7. The molecule has 0 atom stereocenters. The molecule has 1 aromatic carbocycles. The zero-order valence-electron chi connectivity index (χ0n) is 20.1. The minimum atomic E-state index is -0.172. The minimum Gasteiger partial charge on any atom is -0.371 e. The molecule has 37 heavy (non-hydrogen) atoms. The molecule has 0 saturated heterocycles. The molecule has 0 aliphatic carbocycles. The van der Waals surface area contributed by atoms with Crippen LogP contribution >= 0.6 is 0 Å². The van der Waals surface area contributed by atoms with E-state index in [1.807, 2.05) is 6.07 Å². The van der Waals surface area contributed by atoms with Crippen LogP contribution in [-0.2, 0) is 4.79 Å². The number of hydrogen-bond acceptors (Lipinski definition) is 11. The molecule has 3 heterocycles. The third-order valence-corrected chi connectivity index (χ3v) is 5.08. The summed E-state index contributed by atoms with van der Waals surface area (Å²) in [6.07, 6.45) is 4.44. The van der Waals surface area contributed by atoms with Crippen LogP contribution in [0.5, 0.6) is 0 Å². The number of pyridine rings is 1. The van der Waals surface area contributed by atoms with E-state index >= 15 is 0 Å². The molecule has 182 valence electrons. The maximum absolute atomic E-state index is 11.2. The smallest absolute Gasteiger partial charge is 0.252 e. The number of carbonyl (C=O) groups excluding carboxylic acids is 1. The van der Waals surface area contributed by atoms with Crippen molar-refractivity contribution in [1.29, 1.82) is 10.5 Å². The van der Waals surface area contributed by atoms with Gasteiger partial charge in [-0.2, -0.15) is 20.3 Å². The van der Waals surface area contributed by atoms with Crippen molar-refractivity contribution in [3.05, 3.63) is 65.6 Å². The first-order valence-corrected chi connectivity index (χ1v) is 10.9. The number of nitriles is 2. The van der Waals surface area contributed by atoms with Gasteiger partial charge in [-0.25, -0.2) is 15.0 Å². The molecule has 0 unspecified atom stereocenters. The second-order valence-electron chi connectivity index (χ2n) is 7.56. The number of aromatic nitrogens is 5. The highest BCUT2D eigenvalue weighted by molar-refractivity contribution is 5.89. The Morgan fingerprint density at radius 1 is 1.03 bits per heavy atom. The summed E-state index contributed by atoms with van der Waals surface area (Å²) in [5.74, 6) is 0.863. The standard InChI is InChI=1S/C24H20N12O/c1-14-19(12-26)21(32-18-7-5-17(6-8-18)31-15(2)37)33-22(27-3)20(14)34-35-23-16(11-25)13-30-36(23)24-28-9-4-10-29-24/h4-10,13H,1-3H3,(H,31,37)(H2,27,32,33)/b35-34+. The molecular formula is C24H20N12O. The van der Waals surface area contributed by atoms with E-state index < -0.39 is 0 Å². The van der Waals surface area contributed by atoms with Crippen LogP contribution in [0.4, 0.5) is 34.5 Å². The lowest BCUT2D eigenvalue weighted by Gasteiger charge is -2.14. The summed E-state index contributed by atoms with van der Waals surface area (Å²) < 4.78 is 1.30. The summed E-state index contributed by atoms with van der Waals surface area (Å²) >= 11 is 0. The van der Waals surface area contributed by atoms with Crippen LogP contribution in [0.1, 0.15) is 23.6 Å². The Balaban J connectivity index is 1.72. The molecule has 0 radical (unpaired) electrons.